The lowest BCUT2D eigenvalue weighted by molar-refractivity contribution is -0.136. The number of hydrogen-bond donors (Lipinski definition) is 2. The van der Waals surface area contributed by atoms with Crippen molar-refractivity contribution in [2.45, 2.75) is 6.92 Å². The number of fused-ring (bicyclic) bond motifs is 1. The van der Waals surface area contributed by atoms with Gasteiger partial charge >= 0.3 is 5.97 Å². The largest absolute Gasteiger partial charge is 0.497 e. The Morgan fingerprint density at radius 3 is 2.81 bits per heavy atom. The number of nitrogens with zero attached hydrogens (tertiary/aromatic N) is 2. The number of β-amino-alcohol motifs (C(OH)–C–C–N with tert-alkyl or cyclic N) is 1. The molecule has 1 aromatic heterocycles. The number of aliphatic hydroxyl groups is 1. The highest BCUT2D eigenvalue weighted by Gasteiger charge is 2.34. The van der Waals surface area contributed by atoms with E-state index in [1.54, 1.807) is 31.4 Å². The van der Waals surface area contributed by atoms with Crippen molar-refractivity contribution < 1.29 is 28.6 Å². The summed E-state index contributed by atoms with van der Waals surface area (Å²) in [5, 5.41) is 12.3. The molecule has 9 heteroatoms. The van der Waals surface area contributed by atoms with E-state index in [2.05, 4.69) is 10.3 Å². The van der Waals surface area contributed by atoms with Gasteiger partial charge in [-0.15, -0.1) is 0 Å². The van der Waals surface area contributed by atoms with Crippen LogP contribution in [0.2, 0.25) is 0 Å². The van der Waals surface area contributed by atoms with E-state index >= 15 is 0 Å². The van der Waals surface area contributed by atoms with E-state index < -0.39 is 5.97 Å². The van der Waals surface area contributed by atoms with Crippen LogP contribution in [0, 0.1) is 6.92 Å². The predicted molar refractivity (Wildman–Crippen MR) is 117 cm³/mol. The number of carbonyl (C=O) groups is 2. The van der Waals surface area contributed by atoms with Crippen LogP contribution in [0.15, 0.2) is 52.1 Å². The minimum absolute atomic E-state index is 0.0695. The molecule has 32 heavy (non-hydrogen) atoms. The summed E-state index contributed by atoms with van der Waals surface area (Å²) in [6, 6.07) is 10.9. The Morgan fingerprint density at radius 2 is 2.09 bits per heavy atom. The lowest BCUT2D eigenvalue weighted by Crippen LogP contribution is -2.31. The molecule has 0 unspecified atom stereocenters. The third kappa shape index (κ3) is 3.78. The maximum atomic E-state index is 12.8. The number of esters is 1. The van der Waals surface area contributed by atoms with Gasteiger partial charge in [0.15, 0.2) is 5.58 Å². The first-order valence-electron chi connectivity index (χ1n) is 10.00. The van der Waals surface area contributed by atoms with Gasteiger partial charge in [-0.25, -0.2) is 9.78 Å². The van der Waals surface area contributed by atoms with Crippen LogP contribution >= 0.6 is 0 Å². The van der Waals surface area contributed by atoms with E-state index in [1.807, 2.05) is 19.1 Å². The van der Waals surface area contributed by atoms with Gasteiger partial charge in [-0.2, -0.15) is 0 Å². The van der Waals surface area contributed by atoms with Crippen molar-refractivity contribution in [1.82, 2.24) is 9.88 Å². The lowest BCUT2D eigenvalue weighted by Gasteiger charge is -2.16. The molecule has 2 N–H and O–H groups in total. The van der Waals surface area contributed by atoms with Gasteiger partial charge in [0.1, 0.15) is 17.0 Å². The van der Waals surface area contributed by atoms with Gasteiger partial charge in [0, 0.05) is 23.9 Å². The fourth-order valence-corrected chi connectivity index (χ4v) is 3.64. The van der Waals surface area contributed by atoms with Crippen LogP contribution in [0.5, 0.6) is 5.75 Å². The van der Waals surface area contributed by atoms with E-state index in [1.165, 1.54) is 12.0 Å². The first kappa shape index (κ1) is 21.4. The van der Waals surface area contributed by atoms with Crippen LogP contribution in [0.4, 0.5) is 5.69 Å². The molecule has 1 aliphatic heterocycles. The maximum absolute atomic E-state index is 12.8. The van der Waals surface area contributed by atoms with Crippen molar-refractivity contribution in [2.24, 2.45) is 0 Å². The Kier molecular flexibility index (Phi) is 5.83. The number of aliphatic hydroxyl groups excluding tert-OH is 1. The van der Waals surface area contributed by atoms with Gasteiger partial charge < -0.3 is 29.2 Å². The average Bonchev–Trinajstić information content (AvgIpc) is 3.36. The first-order chi connectivity index (χ1) is 15.5. The zero-order valence-corrected chi connectivity index (χ0v) is 18.0. The fourth-order valence-electron chi connectivity index (χ4n) is 3.64. The SMILES string of the molecule is COC(=O)C1=C(Nc2cccc(-c3nc4cc(OC)ccc4o3)c2C)C(=O)N(CCO)C1. The second-order valence-electron chi connectivity index (χ2n) is 7.25. The van der Waals surface area contributed by atoms with Crippen LogP contribution in [0.1, 0.15) is 5.56 Å². The number of rotatable bonds is 7. The number of amides is 1. The molecule has 2 heterocycles. The van der Waals surface area contributed by atoms with E-state index in [4.69, 9.17) is 13.9 Å². The van der Waals surface area contributed by atoms with Crippen molar-refractivity contribution in [2.75, 3.05) is 39.2 Å². The molecule has 1 amide bonds. The lowest BCUT2D eigenvalue weighted by atomic mass is 10.1. The third-order valence-electron chi connectivity index (χ3n) is 5.37. The Labute approximate surface area is 184 Å². The molecule has 0 spiro atoms. The minimum atomic E-state index is -0.594. The van der Waals surface area contributed by atoms with Crippen LogP contribution in [0.25, 0.3) is 22.6 Å². The molecule has 2 aromatic carbocycles. The Bertz CT molecular complexity index is 1230. The third-order valence-corrected chi connectivity index (χ3v) is 5.37. The molecular formula is C23H23N3O6. The van der Waals surface area contributed by atoms with E-state index in [9.17, 15) is 14.7 Å². The van der Waals surface area contributed by atoms with Crippen molar-refractivity contribution in [3.8, 4) is 17.2 Å². The number of carbonyl (C=O) groups excluding carboxylic acids is 2. The monoisotopic (exact) mass is 437 g/mol. The summed E-state index contributed by atoms with van der Waals surface area (Å²) >= 11 is 0. The molecule has 0 aliphatic carbocycles. The standard InChI is InChI=1S/C23H23N3O6/c1-13-15(21-25-18-11-14(30-2)7-8-19(18)32-21)5-4-6-17(13)24-20-16(23(29)31-3)12-26(9-10-27)22(20)28/h4-8,11,24,27H,9-10,12H2,1-3H3. The molecule has 1 aliphatic rings. The van der Waals surface area contributed by atoms with Crippen LogP contribution in [-0.4, -0.2) is 60.8 Å². The molecule has 0 saturated carbocycles. The summed E-state index contributed by atoms with van der Waals surface area (Å²) in [7, 11) is 2.85. The van der Waals surface area contributed by atoms with Crippen LogP contribution < -0.4 is 10.1 Å². The number of ether oxygens (including phenoxy) is 2. The van der Waals surface area contributed by atoms with Gasteiger partial charge in [0.05, 0.1) is 32.9 Å². The van der Waals surface area contributed by atoms with Gasteiger partial charge in [-0.1, -0.05) is 6.07 Å². The molecule has 0 fully saturated rings. The second kappa shape index (κ2) is 8.72. The van der Waals surface area contributed by atoms with Gasteiger partial charge in [-0.3, -0.25) is 4.79 Å². The van der Waals surface area contributed by atoms with E-state index in [0.29, 0.717) is 28.4 Å². The van der Waals surface area contributed by atoms with Gasteiger partial charge in [0.25, 0.3) is 5.91 Å². The summed E-state index contributed by atoms with van der Waals surface area (Å²) in [4.78, 5) is 31.0. The zero-order chi connectivity index (χ0) is 22.8. The quantitative estimate of drug-likeness (QED) is 0.542. The minimum Gasteiger partial charge on any atom is -0.497 e. The molecule has 0 atom stereocenters. The summed E-state index contributed by atoms with van der Waals surface area (Å²) in [5.41, 5.74) is 3.79. The number of methoxy groups -OCH3 is 2. The predicted octanol–water partition coefficient (Wildman–Crippen LogP) is 2.49. The number of aromatic nitrogens is 1. The Balaban J connectivity index is 1.71. The van der Waals surface area contributed by atoms with Gasteiger partial charge in [-0.05, 0) is 36.8 Å². The molecular weight excluding hydrogens is 414 g/mol. The van der Waals surface area contributed by atoms with E-state index in [-0.39, 0.29) is 36.9 Å². The van der Waals surface area contributed by atoms with Crippen molar-refractivity contribution in [1.29, 1.82) is 0 Å². The van der Waals surface area contributed by atoms with Crippen LogP contribution in [0.3, 0.4) is 0 Å². The topological polar surface area (TPSA) is 114 Å². The van der Waals surface area contributed by atoms with Crippen LogP contribution in [-0.2, 0) is 14.3 Å². The molecule has 0 bridgehead atoms. The number of nitrogens with one attached hydrogen (secondary N) is 1. The Hall–Kier alpha value is -3.85. The first-order valence-corrected chi connectivity index (χ1v) is 10.00. The van der Waals surface area contributed by atoms with E-state index in [0.717, 1.165) is 11.1 Å². The molecule has 4 rings (SSSR count). The highest BCUT2D eigenvalue weighted by atomic mass is 16.5. The molecule has 3 aromatic rings. The Morgan fingerprint density at radius 1 is 1.28 bits per heavy atom. The van der Waals surface area contributed by atoms with Crippen molar-refractivity contribution in [3.63, 3.8) is 0 Å². The number of hydrogen-bond acceptors (Lipinski definition) is 8. The number of oxazole rings is 1. The normalized spacial score (nSPS) is 13.8. The molecule has 9 nitrogen and oxygen atoms in total. The van der Waals surface area contributed by atoms with Crippen molar-refractivity contribution in [3.05, 3.63) is 53.2 Å². The number of benzene rings is 2. The van der Waals surface area contributed by atoms with Crippen molar-refractivity contribution >= 4 is 28.7 Å². The summed E-state index contributed by atoms with van der Waals surface area (Å²) < 4.78 is 16.0. The smallest absolute Gasteiger partial charge is 0.337 e. The molecule has 0 radical (unpaired) electrons. The number of anilines is 1. The highest BCUT2D eigenvalue weighted by Crippen LogP contribution is 2.33. The summed E-state index contributed by atoms with van der Waals surface area (Å²) in [5.74, 6) is 0.136. The maximum Gasteiger partial charge on any atom is 0.337 e. The fraction of sp³-hybridized carbons (Fsp3) is 0.261. The molecule has 166 valence electrons. The highest BCUT2D eigenvalue weighted by molar-refractivity contribution is 6.08. The van der Waals surface area contributed by atoms with Gasteiger partial charge in [0.2, 0.25) is 5.89 Å². The summed E-state index contributed by atoms with van der Waals surface area (Å²) in [6.07, 6.45) is 0. The molecule has 0 saturated heterocycles. The summed E-state index contributed by atoms with van der Waals surface area (Å²) in [6.45, 7) is 1.86. The second-order valence-corrected chi connectivity index (χ2v) is 7.25. The zero-order valence-electron chi connectivity index (χ0n) is 18.0. The average molecular weight is 437 g/mol.